The lowest BCUT2D eigenvalue weighted by Crippen LogP contribution is -2.50. The maximum Gasteiger partial charge on any atom is 0.252 e. The molecule has 54 heavy (non-hydrogen) atoms. The smallest absolute Gasteiger partial charge is 0.252 e. The summed E-state index contributed by atoms with van der Waals surface area (Å²) >= 11 is 25.7. The van der Waals surface area contributed by atoms with Crippen LogP contribution in [0.15, 0.2) is 84.9 Å². The molecule has 0 bridgehead atoms. The highest BCUT2D eigenvalue weighted by atomic mass is 35.5. The van der Waals surface area contributed by atoms with Gasteiger partial charge in [0.15, 0.2) is 0 Å². The van der Waals surface area contributed by atoms with Crippen molar-refractivity contribution in [2.75, 3.05) is 6.54 Å². The molecule has 10 heteroatoms. The quantitative estimate of drug-likeness (QED) is 0.168. The second-order valence-corrected chi connectivity index (χ2v) is 17.3. The van der Waals surface area contributed by atoms with Gasteiger partial charge in [0.05, 0.1) is 43.6 Å². The molecule has 2 atom stereocenters. The van der Waals surface area contributed by atoms with Crippen LogP contribution < -0.4 is 10.6 Å². The normalized spacial score (nSPS) is 18.1. The Morgan fingerprint density at radius 1 is 0.685 bits per heavy atom. The third-order valence-corrected chi connectivity index (χ3v) is 11.6. The standard InChI is InChI=1S/C44H40Cl4N4O2/c1-24-37(31-10-6-8-12-35(31)51-39(24)29-16-14-26(45)18-33(29)47)41(53)49-23-44(5)21-28(20-43(3,4)22-44)50-42(54)38-25(2)40(30-17-15-27(46)19-34(30)48)52-36-13-9-7-11-32(36)38/h6-19,28H,20-23H2,1-5H3,(H,49,53)(H,50,54)/t28-,44-/m1/s1. The monoisotopic (exact) mass is 796 g/mol. The molecule has 2 amide bonds. The first-order chi connectivity index (χ1) is 25.6. The molecule has 4 aromatic carbocycles. The summed E-state index contributed by atoms with van der Waals surface area (Å²) < 4.78 is 0. The van der Waals surface area contributed by atoms with Gasteiger partial charge in [-0.1, -0.05) is 104 Å². The number of carbonyl (C=O) groups is 2. The van der Waals surface area contributed by atoms with Gasteiger partial charge in [-0.3, -0.25) is 9.59 Å². The van der Waals surface area contributed by atoms with Crippen LogP contribution >= 0.6 is 46.4 Å². The molecule has 1 aliphatic rings. The maximum atomic E-state index is 14.4. The topological polar surface area (TPSA) is 84.0 Å². The third kappa shape index (κ3) is 7.54. The largest absolute Gasteiger partial charge is 0.351 e. The Labute approximate surface area is 335 Å². The first kappa shape index (κ1) is 38.1. The van der Waals surface area contributed by atoms with Crippen molar-refractivity contribution in [3.8, 4) is 22.5 Å². The molecule has 0 unspecified atom stereocenters. The summed E-state index contributed by atoms with van der Waals surface area (Å²) in [6.45, 7) is 10.9. The molecular formula is C44H40Cl4N4O2. The van der Waals surface area contributed by atoms with Crippen LogP contribution in [0.1, 0.15) is 71.9 Å². The maximum absolute atomic E-state index is 14.4. The number of nitrogens with one attached hydrogen (secondary N) is 2. The van der Waals surface area contributed by atoms with Gasteiger partial charge in [0.1, 0.15) is 0 Å². The Hall–Kier alpha value is -4.20. The van der Waals surface area contributed by atoms with Crippen LogP contribution in [-0.2, 0) is 0 Å². The highest BCUT2D eigenvalue weighted by Crippen LogP contribution is 2.46. The number of fused-ring (bicyclic) bond motifs is 2. The number of halogens is 4. The Balaban J connectivity index is 1.17. The lowest BCUT2D eigenvalue weighted by atomic mass is 9.62. The molecule has 1 saturated carbocycles. The van der Waals surface area contributed by atoms with E-state index < -0.39 is 0 Å². The van der Waals surface area contributed by atoms with Gasteiger partial charge in [-0.25, -0.2) is 9.97 Å². The molecule has 0 radical (unpaired) electrons. The molecule has 7 rings (SSSR count). The van der Waals surface area contributed by atoms with Gasteiger partial charge in [0, 0.05) is 44.5 Å². The number of carbonyl (C=O) groups excluding carboxylic acids is 2. The highest BCUT2D eigenvalue weighted by molar-refractivity contribution is 6.37. The fourth-order valence-corrected chi connectivity index (χ4v) is 9.59. The average molecular weight is 799 g/mol. The van der Waals surface area contributed by atoms with E-state index in [0.717, 1.165) is 34.7 Å². The fraction of sp³-hybridized carbons (Fsp3) is 0.273. The first-order valence-electron chi connectivity index (χ1n) is 17.9. The van der Waals surface area contributed by atoms with E-state index >= 15 is 0 Å². The number of pyridine rings is 2. The van der Waals surface area contributed by atoms with Crippen LogP contribution in [-0.4, -0.2) is 34.4 Å². The van der Waals surface area contributed by atoms with Crippen molar-refractivity contribution in [1.82, 2.24) is 20.6 Å². The van der Waals surface area contributed by atoms with Crippen molar-refractivity contribution in [3.63, 3.8) is 0 Å². The zero-order chi connectivity index (χ0) is 38.5. The van der Waals surface area contributed by atoms with Crippen LogP contribution in [0.4, 0.5) is 0 Å². The van der Waals surface area contributed by atoms with E-state index in [1.54, 1.807) is 24.3 Å². The number of para-hydroxylation sites is 2. The molecular weight excluding hydrogens is 758 g/mol. The zero-order valence-corrected chi connectivity index (χ0v) is 33.7. The molecule has 6 aromatic rings. The summed E-state index contributed by atoms with van der Waals surface area (Å²) in [5.74, 6) is -0.353. The summed E-state index contributed by atoms with van der Waals surface area (Å²) in [7, 11) is 0. The van der Waals surface area contributed by atoms with Crippen molar-refractivity contribution in [1.29, 1.82) is 0 Å². The van der Waals surface area contributed by atoms with Crippen molar-refractivity contribution in [2.24, 2.45) is 10.8 Å². The van der Waals surface area contributed by atoms with E-state index in [1.165, 1.54) is 0 Å². The molecule has 1 aliphatic carbocycles. The fourth-order valence-electron chi connectivity index (χ4n) is 8.60. The minimum absolute atomic E-state index is 0.106. The number of benzene rings is 4. The van der Waals surface area contributed by atoms with E-state index in [2.05, 4.69) is 31.4 Å². The summed E-state index contributed by atoms with van der Waals surface area (Å²) in [6.07, 6.45) is 2.34. The van der Waals surface area contributed by atoms with Crippen molar-refractivity contribution >= 4 is 80.0 Å². The predicted molar refractivity (Wildman–Crippen MR) is 223 cm³/mol. The second-order valence-electron chi connectivity index (χ2n) is 15.6. The Morgan fingerprint density at radius 2 is 1.17 bits per heavy atom. The van der Waals surface area contributed by atoms with Gasteiger partial charge >= 0.3 is 0 Å². The summed E-state index contributed by atoms with van der Waals surface area (Å²) in [5, 5.41) is 10.2. The molecule has 2 N–H and O–H groups in total. The van der Waals surface area contributed by atoms with Crippen molar-refractivity contribution in [2.45, 2.75) is 59.9 Å². The summed E-state index contributed by atoms with van der Waals surface area (Å²) in [6, 6.07) is 25.7. The number of nitrogens with zero attached hydrogens (tertiary/aromatic N) is 2. The average Bonchev–Trinajstić information content (AvgIpc) is 3.09. The van der Waals surface area contributed by atoms with Crippen LogP contribution in [0.25, 0.3) is 44.3 Å². The lowest BCUT2D eigenvalue weighted by molar-refractivity contribution is 0.0592. The molecule has 6 nitrogen and oxygen atoms in total. The van der Waals surface area contributed by atoms with Gasteiger partial charge in [-0.05, 0) is 104 Å². The zero-order valence-electron chi connectivity index (χ0n) is 30.7. The molecule has 0 aliphatic heterocycles. The third-order valence-electron chi connectivity index (χ3n) is 10.6. The van der Waals surface area contributed by atoms with Gasteiger partial charge in [-0.2, -0.15) is 0 Å². The number of hydrogen-bond acceptors (Lipinski definition) is 4. The van der Waals surface area contributed by atoms with E-state index in [-0.39, 0.29) is 28.7 Å². The van der Waals surface area contributed by atoms with Crippen molar-refractivity contribution < 1.29 is 9.59 Å². The van der Waals surface area contributed by atoms with E-state index in [0.29, 0.717) is 77.7 Å². The highest BCUT2D eigenvalue weighted by Gasteiger charge is 2.42. The van der Waals surface area contributed by atoms with Crippen LogP contribution in [0.2, 0.25) is 20.1 Å². The molecule has 1 fully saturated rings. The summed E-state index contributed by atoms with van der Waals surface area (Å²) in [5.41, 5.74) is 6.25. The van der Waals surface area contributed by atoms with E-state index in [1.807, 2.05) is 74.5 Å². The molecule has 2 aromatic heterocycles. The van der Waals surface area contributed by atoms with Crippen molar-refractivity contribution in [3.05, 3.63) is 127 Å². The van der Waals surface area contributed by atoms with Crippen LogP contribution in [0.5, 0.6) is 0 Å². The number of amides is 2. The SMILES string of the molecule is Cc1c(-c2ccc(Cl)cc2Cl)nc2ccccc2c1C(=O)NC[C@]1(C)C[C@H](NC(=O)c2c(C)c(-c3ccc(Cl)cc3Cl)nc3ccccc23)CC(C)(C)C1. The van der Waals surface area contributed by atoms with Crippen LogP contribution in [0, 0.1) is 24.7 Å². The molecule has 0 spiro atoms. The Morgan fingerprint density at radius 3 is 1.67 bits per heavy atom. The minimum Gasteiger partial charge on any atom is -0.351 e. The Bertz CT molecular complexity index is 2480. The van der Waals surface area contributed by atoms with Gasteiger partial charge in [0.2, 0.25) is 0 Å². The first-order valence-corrected chi connectivity index (χ1v) is 19.4. The minimum atomic E-state index is -0.314. The van der Waals surface area contributed by atoms with E-state index in [4.69, 9.17) is 56.4 Å². The molecule has 0 saturated heterocycles. The Kier molecular flexibility index (Phi) is 10.4. The molecule has 276 valence electrons. The summed E-state index contributed by atoms with van der Waals surface area (Å²) in [4.78, 5) is 38.5. The van der Waals surface area contributed by atoms with Gasteiger partial charge in [-0.15, -0.1) is 0 Å². The number of rotatable bonds is 7. The number of aromatic nitrogens is 2. The molecule has 2 heterocycles. The van der Waals surface area contributed by atoms with Gasteiger partial charge in [0.25, 0.3) is 11.8 Å². The lowest BCUT2D eigenvalue weighted by Gasteiger charge is -2.47. The van der Waals surface area contributed by atoms with Crippen LogP contribution in [0.3, 0.4) is 0 Å². The van der Waals surface area contributed by atoms with E-state index in [9.17, 15) is 9.59 Å². The predicted octanol–water partition coefficient (Wildman–Crippen LogP) is 12.1. The van der Waals surface area contributed by atoms with Gasteiger partial charge < -0.3 is 10.6 Å². The second kappa shape index (κ2) is 14.8. The number of hydrogen-bond donors (Lipinski definition) is 2.